The van der Waals surface area contributed by atoms with Crippen LogP contribution in [0.15, 0.2) is 95.4 Å². The Kier molecular flexibility index (Phi) is 11.8. The molecule has 0 spiro atoms. The molecule has 0 atom stereocenters. The Balaban J connectivity index is 0.00000520. The van der Waals surface area contributed by atoms with Gasteiger partial charge >= 0.3 is 29.6 Å². The van der Waals surface area contributed by atoms with E-state index in [4.69, 9.17) is 0 Å². The van der Waals surface area contributed by atoms with Gasteiger partial charge in [0.25, 0.3) is 20.2 Å². The number of ketones is 1. The second kappa shape index (κ2) is 14.8. The molecule has 1 aliphatic carbocycles. The number of nitrogens with zero attached hydrogens (tertiary/aromatic N) is 2. The quantitative estimate of drug-likeness (QED) is 0.217. The van der Waals surface area contributed by atoms with Gasteiger partial charge in [0.05, 0.1) is 11.5 Å². The van der Waals surface area contributed by atoms with Crippen LogP contribution in [-0.2, 0) is 35.9 Å². The number of fused-ring (bicyclic) bond motifs is 2. The second-order valence-corrected chi connectivity index (χ2v) is 16.7. The van der Waals surface area contributed by atoms with Gasteiger partial charge in [-0.1, -0.05) is 76.2 Å². The van der Waals surface area contributed by atoms with E-state index < -0.39 is 20.2 Å². The van der Waals surface area contributed by atoms with Gasteiger partial charge in [-0.05, 0) is 78.7 Å². The fraction of sp³-hybridized carbons (Fsp3) is 0.417. The maximum atomic E-state index is 13.8. The average molecular weight is 704 g/mol. The Morgan fingerprint density at radius 1 is 0.667 bits per heavy atom. The molecule has 0 unspecified atom stereocenters. The first kappa shape index (κ1) is 38.3. The first-order valence-corrected chi connectivity index (χ1v) is 19.2. The predicted octanol–water partition coefficient (Wildman–Crippen LogP) is 3.52. The molecule has 0 aromatic heterocycles. The number of hydrogen-bond donors (Lipinski definition) is 2. The normalized spacial score (nSPS) is 22.0. The van der Waals surface area contributed by atoms with E-state index in [0.717, 1.165) is 40.3 Å². The minimum atomic E-state index is -4.08. The zero-order chi connectivity index (χ0) is 34.2. The van der Waals surface area contributed by atoms with Crippen LogP contribution in [-0.4, -0.2) is 56.3 Å². The van der Waals surface area contributed by atoms with Gasteiger partial charge in [0.2, 0.25) is 0 Å². The predicted molar refractivity (Wildman–Crippen MR) is 187 cm³/mol. The van der Waals surface area contributed by atoms with Crippen LogP contribution >= 0.6 is 0 Å². The fourth-order valence-electron chi connectivity index (χ4n) is 7.15. The van der Waals surface area contributed by atoms with Crippen molar-refractivity contribution in [1.82, 2.24) is 0 Å². The molecule has 0 radical (unpaired) electrons. The summed E-state index contributed by atoms with van der Waals surface area (Å²) in [6.07, 6.45) is 10.4. The van der Waals surface area contributed by atoms with Gasteiger partial charge in [0, 0.05) is 46.7 Å². The van der Waals surface area contributed by atoms with E-state index in [1.165, 1.54) is 0 Å². The second-order valence-electron chi connectivity index (χ2n) is 13.5. The molecule has 5 rings (SSSR count). The Bertz CT molecular complexity index is 1770. The molecule has 3 aliphatic rings. The molecule has 2 aromatic carbocycles. The average Bonchev–Trinajstić information content (AvgIpc) is 3.33. The number of para-hydroxylation sites is 2. The summed E-state index contributed by atoms with van der Waals surface area (Å²) in [5.74, 6) is -0.673. The van der Waals surface area contributed by atoms with Crippen LogP contribution in [0.5, 0.6) is 0 Å². The van der Waals surface area contributed by atoms with Crippen LogP contribution in [0.3, 0.4) is 0 Å². The molecule has 2 aliphatic heterocycles. The van der Waals surface area contributed by atoms with Gasteiger partial charge < -0.3 is 9.80 Å². The molecule has 0 bridgehead atoms. The van der Waals surface area contributed by atoms with E-state index in [1.54, 1.807) is 0 Å². The molecular weight excluding hydrogens is 660 g/mol. The van der Waals surface area contributed by atoms with Gasteiger partial charge in [-0.25, -0.2) is 0 Å². The summed E-state index contributed by atoms with van der Waals surface area (Å²) < 4.78 is 64.3. The van der Waals surface area contributed by atoms with Gasteiger partial charge in [-0.3, -0.25) is 13.9 Å². The van der Waals surface area contributed by atoms with Gasteiger partial charge in [-0.2, -0.15) is 16.8 Å². The number of carbonyl (C=O) groups is 1. The number of hydrogen-bond acceptors (Lipinski definition) is 7. The summed E-state index contributed by atoms with van der Waals surface area (Å²) in [6, 6.07) is 16.0. The zero-order valence-electron chi connectivity index (χ0n) is 28.4. The maximum absolute atomic E-state index is 13.8. The van der Waals surface area contributed by atoms with E-state index in [9.17, 15) is 30.7 Å². The van der Waals surface area contributed by atoms with Crippen LogP contribution in [0, 0.1) is 0 Å². The molecule has 2 N–H and O–H groups in total. The molecule has 1 fully saturated rings. The smallest absolute Gasteiger partial charge is 0.344 e. The van der Waals surface area contributed by atoms with Crippen molar-refractivity contribution in [2.24, 2.45) is 0 Å². The fourth-order valence-corrected chi connectivity index (χ4v) is 8.14. The van der Waals surface area contributed by atoms with Crippen molar-refractivity contribution in [1.29, 1.82) is 0 Å². The van der Waals surface area contributed by atoms with E-state index in [-0.39, 0.29) is 70.5 Å². The molecule has 0 amide bonds. The summed E-state index contributed by atoms with van der Waals surface area (Å²) in [5.41, 5.74) is 6.76. The molecule has 0 saturated heterocycles. The topological polar surface area (TPSA) is 132 Å². The largest absolute Gasteiger partial charge is 1.00 e. The number of carbonyl (C=O) groups excluding carboxylic acids is 1. The number of allylic oxidation sites excluding steroid dienone is 8. The number of rotatable bonds is 10. The minimum Gasteiger partial charge on any atom is -0.344 e. The molecule has 2 heterocycles. The summed E-state index contributed by atoms with van der Waals surface area (Å²) in [4.78, 5) is 18.0. The molecular formula is C36H44N2NaO7S2+. The third-order valence-corrected chi connectivity index (χ3v) is 11.1. The Morgan fingerprint density at radius 2 is 1.04 bits per heavy atom. The van der Waals surface area contributed by atoms with Crippen molar-refractivity contribution in [3.05, 3.63) is 107 Å². The van der Waals surface area contributed by atoms with Gasteiger partial charge in [0.1, 0.15) is 0 Å². The van der Waals surface area contributed by atoms with Crippen molar-refractivity contribution in [2.75, 3.05) is 34.4 Å². The van der Waals surface area contributed by atoms with Crippen LogP contribution in [0.1, 0.15) is 70.9 Å². The van der Waals surface area contributed by atoms with Crippen LogP contribution in [0.4, 0.5) is 11.4 Å². The van der Waals surface area contributed by atoms with Crippen molar-refractivity contribution >= 4 is 37.4 Å². The summed E-state index contributed by atoms with van der Waals surface area (Å²) in [6.45, 7) is 9.26. The Hall–Kier alpha value is -2.51. The Labute approximate surface area is 307 Å². The summed E-state index contributed by atoms with van der Waals surface area (Å²) >= 11 is 0. The van der Waals surface area contributed by atoms with Gasteiger partial charge in [0.15, 0.2) is 5.78 Å². The minimum absolute atomic E-state index is 0. The first-order valence-electron chi connectivity index (χ1n) is 16.0. The van der Waals surface area contributed by atoms with E-state index in [2.05, 4.69) is 49.6 Å². The third-order valence-electron chi connectivity index (χ3n) is 9.53. The van der Waals surface area contributed by atoms with Crippen molar-refractivity contribution in [3.63, 3.8) is 0 Å². The maximum Gasteiger partial charge on any atom is 1.00 e. The van der Waals surface area contributed by atoms with E-state index >= 15 is 0 Å². The number of Topliss-reactive ketones (excluding diaryl/α,β-unsaturated/α-hetero) is 1. The summed E-state index contributed by atoms with van der Waals surface area (Å²) in [7, 11) is -8.16. The monoisotopic (exact) mass is 703 g/mol. The number of benzene rings is 2. The van der Waals surface area contributed by atoms with Crippen LogP contribution in [0.25, 0.3) is 0 Å². The van der Waals surface area contributed by atoms with Crippen LogP contribution in [0.2, 0.25) is 0 Å². The molecule has 252 valence electrons. The van der Waals surface area contributed by atoms with Gasteiger partial charge in [-0.15, -0.1) is 0 Å². The molecule has 1 saturated carbocycles. The molecule has 9 nitrogen and oxygen atoms in total. The van der Waals surface area contributed by atoms with E-state index in [1.807, 2.05) is 60.7 Å². The molecule has 12 heteroatoms. The summed E-state index contributed by atoms with van der Waals surface area (Å²) in [5, 5.41) is 0. The first-order chi connectivity index (χ1) is 22.0. The molecule has 48 heavy (non-hydrogen) atoms. The SMILES string of the molecule is CC1(C)C(=CC=C2CCC/C(=C\C=C3\N(CCCS(=O)(=O)O)c4ccccc4C3(C)C)C2=O)N(CCCS(=O)(=O)O)c2ccccc21.[Na+]. The van der Waals surface area contributed by atoms with Crippen molar-refractivity contribution in [3.8, 4) is 0 Å². The van der Waals surface area contributed by atoms with Crippen molar-refractivity contribution < 1.29 is 60.3 Å². The zero-order valence-corrected chi connectivity index (χ0v) is 32.1. The van der Waals surface area contributed by atoms with Crippen molar-refractivity contribution in [2.45, 2.75) is 70.6 Å². The third kappa shape index (κ3) is 8.26. The number of anilines is 2. The standard InChI is InChI=1S/C36H44N2O7S2.Na/c1-35(2)28-14-5-7-16-30(28)37(22-10-24-46(40,41)42)32(35)20-18-26-12-9-13-27(34(26)39)19-21-33-36(3,4)29-15-6-8-17-31(29)38(33)23-11-25-47(43,44)45;/h5-8,14-21H,9-13,22-25H2,1-4H3,(H,40,41,42)(H,43,44,45);/q;+1/b26-18+,27-19?,32-20+,33-21?;. The molecule has 2 aromatic rings. The van der Waals surface area contributed by atoms with E-state index in [0.29, 0.717) is 37.1 Å². The van der Waals surface area contributed by atoms with Crippen LogP contribution < -0.4 is 39.4 Å². The Morgan fingerprint density at radius 3 is 1.42 bits per heavy atom.